The summed E-state index contributed by atoms with van der Waals surface area (Å²) in [6, 6.07) is 11.9. The average molecular weight is 381 g/mol. The molecule has 1 aliphatic heterocycles. The van der Waals surface area contributed by atoms with Crippen LogP contribution in [0.1, 0.15) is 36.2 Å². The Kier molecular flexibility index (Phi) is 5.32. The van der Waals surface area contributed by atoms with Crippen LogP contribution >= 0.6 is 0 Å². The Labute approximate surface area is 165 Å². The summed E-state index contributed by atoms with van der Waals surface area (Å²) in [5.41, 5.74) is 1.57. The first-order valence-corrected chi connectivity index (χ1v) is 10.1. The number of nitrogens with one attached hydrogen (secondary N) is 1. The normalized spacial score (nSPS) is 17.8. The smallest absolute Gasteiger partial charge is 0.274 e. The monoisotopic (exact) mass is 381 g/mol. The molecule has 7 nitrogen and oxygen atoms in total. The van der Waals surface area contributed by atoms with Gasteiger partial charge in [0.15, 0.2) is 5.69 Å². The highest BCUT2D eigenvalue weighted by Crippen LogP contribution is 2.26. The van der Waals surface area contributed by atoms with Crippen LogP contribution in [0.2, 0.25) is 0 Å². The topological polar surface area (TPSA) is 70.5 Å². The van der Waals surface area contributed by atoms with Gasteiger partial charge in [-0.25, -0.2) is 0 Å². The summed E-state index contributed by atoms with van der Waals surface area (Å²) in [4.78, 5) is 29.4. The van der Waals surface area contributed by atoms with Crippen LogP contribution in [0.3, 0.4) is 0 Å². The molecule has 7 heteroatoms. The fraction of sp³-hybridized carbons (Fsp3) is 0.476. The van der Waals surface area contributed by atoms with Crippen molar-refractivity contribution < 1.29 is 9.59 Å². The molecule has 1 aromatic heterocycles. The molecule has 0 atom stereocenters. The van der Waals surface area contributed by atoms with Crippen molar-refractivity contribution in [3.63, 3.8) is 0 Å². The van der Waals surface area contributed by atoms with E-state index in [-0.39, 0.29) is 17.7 Å². The average Bonchev–Trinajstić information content (AvgIpc) is 3.39. The molecular weight excluding hydrogens is 354 g/mol. The Morgan fingerprint density at radius 1 is 1.04 bits per heavy atom. The molecule has 1 N–H and O–H groups in total. The standard InChI is InChI=1S/C21H27N5O2/c1-24-19(22-20(27)16-7-5-6-8-16)15-18(23-24)21(28)26-13-11-25(12-14-26)17-9-3-2-4-10-17/h2-4,9-10,15-16H,5-8,11-14H2,1H3,(H,22,27). The Bertz CT molecular complexity index is 834. The largest absolute Gasteiger partial charge is 0.368 e. The molecule has 28 heavy (non-hydrogen) atoms. The first kappa shape index (κ1) is 18.5. The van der Waals surface area contributed by atoms with E-state index in [2.05, 4.69) is 27.4 Å². The van der Waals surface area contributed by atoms with Crippen LogP contribution < -0.4 is 10.2 Å². The molecule has 4 rings (SSSR count). The molecule has 0 radical (unpaired) electrons. The fourth-order valence-electron chi connectivity index (χ4n) is 4.07. The highest BCUT2D eigenvalue weighted by Gasteiger charge is 2.26. The van der Waals surface area contributed by atoms with Crippen molar-refractivity contribution in [2.75, 3.05) is 36.4 Å². The number of rotatable bonds is 4. The summed E-state index contributed by atoms with van der Waals surface area (Å²) in [7, 11) is 1.76. The van der Waals surface area contributed by atoms with Crippen molar-refractivity contribution in [3.8, 4) is 0 Å². The Hall–Kier alpha value is -2.83. The Balaban J connectivity index is 1.37. The maximum absolute atomic E-state index is 12.9. The molecule has 0 unspecified atom stereocenters. The number of nitrogens with zero attached hydrogens (tertiary/aromatic N) is 4. The van der Waals surface area contributed by atoms with Crippen LogP contribution in [-0.2, 0) is 11.8 Å². The summed E-state index contributed by atoms with van der Waals surface area (Å²) >= 11 is 0. The highest BCUT2D eigenvalue weighted by atomic mass is 16.2. The fourth-order valence-corrected chi connectivity index (χ4v) is 4.07. The lowest BCUT2D eigenvalue weighted by molar-refractivity contribution is -0.119. The predicted molar refractivity (Wildman–Crippen MR) is 108 cm³/mol. The van der Waals surface area contributed by atoms with E-state index in [0.717, 1.165) is 38.8 Å². The molecule has 0 bridgehead atoms. The lowest BCUT2D eigenvalue weighted by Gasteiger charge is -2.35. The molecule has 2 amide bonds. The van der Waals surface area contributed by atoms with E-state index in [1.54, 1.807) is 17.8 Å². The molecule has 1 saturated carbocycles. The molecule has 1 aliphatic carbocycles. The second kappa shape index (κ2) is 8.04. The van der Waals surface area contributed by atoms with Crippen LogP contribution in [0.4, 0.5) is 11.5 Å². The van der Waals surface area contributed by atoms with Crippen molar-refractivity contribution >= 4 is 23.3 Å². The van der Waals surface area contributed by atoms with Crippen molar-refractivity contribution in [3.05, 3.63) is 42.1 Å². The molecular formula is C21H27N5O2. The van der Waals surface area contributed by atoms with E-state index in [1.165, 1.54) is 5.69 Å². The molecule has 1 saturated heterocycles. The number of benzene rings is 1. The summed E-state index contributed by atoms with van der Waals surface area (Å²) < 4.78 is 1.58. The summed E-state index contributed by atoms with van der Waals surface area (Å²) in [6.07, 6.45) is 4.12. The SMILES string of the molecule is Cn1nc(C(=O)N2CCN(c3ccccc3)CC2)cc1NC(=O)C1CCCC1. The predicted octanol–water partition coefficient (Wildman–Crippen LogP) is 2.51. The van der Waals surface area contributed by atoms with Gasteiger partial charge in [0.1, 0.15) is 5.82 Å². The zero-order chi connectivity index (χ0) is 19.5. The quantitative estimate of drug-likeness (QED) is 0.883. The minimum atomic E-state index is -0.0790. The third-order valence-electron chi connectivity index (χ3n) is 5.76. The number of carbonyl (C=O) groups excluding carboxylic acids is 2. The van der Waals surface area contributed by atoms with Gasteiger partial charge in [-0.2, -0.15) is 5.10 Å². The third kappa shape index (κ3) is 3.88. The molecule has 2 heterocycles. The number of aryl methyl sites for hydroxylation is 1. The molecule has 1 aromatic carbocycles. The highest BCUT2D eigenvalue weighted by molar-refractivity contribution is 5.96. The van der Waals surface area contributed by atoms with E-state index in [9.17, 15) is 9.59 Å². The van der Waals surface area contributed by atoms with E-state index < -0.39 is 0 Å². The Morgan fingerprint density at radius 3 is 2.39 bits per heavy atom. The maximum atomic E-state index is 12.9. The van der Waals surface area contributed by atoms with E-state index in [4.69, 9.17) is 0 Å². The lowest BCUT2D eigenvalue weighted by Crippen LogP contribution is -2.48. The number of para-hydroxylation sites is 1. The third-order valence-corrected chi connectivity index (χ3v) is 5.76. The molecule has 2 aliphatic rings. The first-order valence-electron chi connectivity index (χ1n) is 10.1. The molecule has 2 fully saturated rings. The van der Waals surface area contributed by atoms with Crippen molar-refractivity contribution in [2.24, 2.45) is 13.0 Å². The van der Waals surface area contributed by atoms with E-state index in [1.807, 2.05) is 23.1 Å². The number of hydrogen-bond donors (Lipinski definition) is 1. The zero-order valence-corrected chi connectivity index (χ0v) is 16.3. The Morgan fingerprint density at radius 2 is 1.71 bits per heavy atom. The van der Waals surface area contributed by atoms with Crippen LogP contribution in [0.15, 0.2) is 36.4 Å². The zero-order valence-electron chi connectivity index (χ0n) is 16.3. The van der Waals surface area contributed by atoms with E-state index >= 15 is 0 Å². The van der Waals surface area contributed by atoms with E-state index in [0.29, 0.717) is 24.6 Å². The van der Waals surface area contributed by atoms with Gasteiger partial charge in [0, 0.05) is 50.9 Å². The molecule has 0 spiro atoms. The minimum Gasteiger partial charge on any atom is -0.368 e. The van der Waals surface area contributed by atoms with Gasteiger partial charge in [0.05, 0.1) is 0 Å². The maximum Gasteiger partial charge on any atom is 0.274 e. The van der Waals surface area contributed by atoms with Crippen LogP contribution in [0, 0.1) is 5.92 Å². The number of amides is 2. The van der Waals surface area contributed by atoms with Crippen LogP contribution in [-0.4, -0.2) is 52.7 Å². The summed E-state index contributed by atoms with van der Waals surface area (Å²) in [5, 5.41) is 7.28. The number of hydrogen-bond acceptors (Lipinski definition) is 4. The molecule has 148 valence electrons. The van der Waals surface area contributed by atoms with Crippen LogP contribution in [0.25, 0.3) is 0 Å². The van der Waals surface area contributed by atoms with Gasteiger partial charge in [0.2, 0.25) is 5.91 Å². The molecule has 2 aromatic rings. The number of aromatic nitrogens is 2. The van der Waals surface area contributed by atoms with Gasteiger partial charge in [0.25, 0.3) is 5.91 Å². The van der Waals surface area contributed by atoms with Crippen LogP contribution in [0.5, 0.6) is 0 Å². The summed E-state index contributed by atoms with van der Waals surface area (Å²) in [6.45, 7) is 2.92. The number of anilines is 2. The van der Waals surface area contributed by atoms with Gasteiger partial charge in [-0.05, 0) is 25.0 Å². The van der Waals surface area contributed by atoms with Gasteiger partial charge in [-0.3, -0.25) is 14.3 Å². The minimum absolute atomic E-state index is 0.0379. The van der Waals surface area contributed by atoms with Crippen molar-refractivity contribution in [1.29, 1.82) is 0 Å². The van der Waals surface area contributed by atoms with Gasteiger partial charge in [-0.15, -0.1) is 0 Å². The first-order chi connectivity index (χ1) is 13.6. The van der Waals surface area contributed by atoms with Gasteiger partial charge < -0.3 is 15.1 Å². The number of carbonyl (C=O) groups is 2. The van der Waals surface area contributed by atoms with Gasteiger partial charge >= 0.3 is 0 Å². The van der Waals surface area contributed by atoms with Crippen molar-refractivity contribution in [1.82, 2.24) is 14.7 Å². The second-order valence-electron chi connectivity index (χ2n) is 7.62. The van der Waals surface area contributed by atoms with Gasteiger partial charge in [-0.1, -0.05) is 31.0 Å². The lowest BCUT2D eigenvalue weighted by atomic mass is 10.1. The number of piperazine rings is 1. The summed E-state index contributed by atoms with van der Waals surface area (Å²) in [5.74, 6) is 0.629. The second-order valence-corrected chi connectivity index (χ2v) is 7.62. The van der Waals surface area contributed by atoms with Crippen molar-refractivity contribution in [2.45, 2.75) is 25.7 Å².